The predicted octanol–water partition coefficient (Wildman–Crippen LogP) is 4.95. The van der Waals surface area contributed by atoms with Gasteiger partial charge in [-0.05, 0) is 43.9 Å². The molecule has 0 bridgehead atoms. The van der Waals surface area contributed by atoms with Gasteiger partial charge in [0.25, 0.3) is 0 Å². The van der Waals surface area contributed by atoms with E-state index in [-0.39, 0.29) is 24.2 Å². The molecule has 138 valence electrons. The first kappa shape index (κ1) is 19.3. The van der Waals surface area contributed by atoms with Crippen LogP contribution in [0.5, 0.6) is 0 Å². The topological polar surface area (TPSA) is 63.6 Å². The first-order valence-corrected chi connectivity index (χ1v) is 10.00. The summed E-state index contributed by atoms with van der Waals surface area (Å²) in [6.07, 6.45) is 12.6. The second kappa shape index (κ2) is 9.43. The summed E-state index contributed by atoms with van der Waals surface area (Å²) in [5.41, 5.74) is -0.791. The van der Waals surface area contributed by atoms with E-state index in [0.717, 1.165) is 64.2 Å². The molecule has 0 aromatic heterocycles. The SMILES string of the molecule is CCCCOC(=O)C(CC(=O)O)(C1CCCCC1)C1CCCCC1. The summed E-state index contributed by atoms with van der Waals surface area (Å²) >= 11 is 0. The summed E-state index contributed by atoms with van der Waals surface area (Å²) < 4.78 is 5.65. The Morgan fingerprint density at radius 1 is 0.958 bits per heavy atom. The third-order valence-electron chi connectivity index (χ3n) is 6.22. The second-order valence-corrected chi connectivity index (χ2v) is 7.77. The number of carboxylic acids is 1. The van der Waals surface area contributed by atoms with Crippen LogP contribution in [0.4, 0.5) is 0 Å². The Labute approximate surface area is 146 Å². The van der Waals surface area contributed by atoms with E-state index in [2.05, 4.69) is 6.92 Å². The Morgan fingerprint density at radius 3 is 1.88 bits per heavy atom. The van der Waals surface area contributed by atoms with Gasteiger partial charge in [0.05, 0.1) is 18.4 Å². The molecule has 4 heteroatoms. The third-order valence-corrected chi connectivity index (χ3v) is 6.22. The molecule has 24 heavy (non-hydrogen) atoms. The van der Waals surface area contributed by atoms with Gasteiger partial charge in [-0.25, -0.2) is 0 Å². The fraction of sp³-hybridized carbons (Fsp3) is 0.900. The number of hydrogen-bond donors (Lipinski definition) is 1. The summed E-state index contributed by atoms with van der Waals surface area (Å²) in [5.74, 6) is -0.699. The molecule has 2 aliphatic carbocycles. The first-order valence-electron chi connectivity index (χ1n) is 10.00. The lowest BCUT2D eigenvalue weighted by Crippen LogP contribution is -2.49. The number of ether oxygens (including phenoxy) is 1. The molecule has 2 rings (SSSR count). The van der Waals surface area contributed by atoms with Crippen molar-refractivity contribution in [3.05, 3.63) is 0 Å². The van der Waals surface area contributed by atoms with Gasteiger partial charge < -0.3 is 9.84 Å². The minimum Gasteiger partial charge on any atom is -0.481 e. The molecule has 0 unspecified atom stereocenters. The molecule has 0 amide bonds. The lowest BCUT2D eigenvalue weighted by atomic mass is 9.57. The molecule has 0 aromatic rings. The fourth-order valence-electron chi connectivity index (χ4n) is 4.96. The molecule has 2 saturated carbocycles. The molecule has 4 nitrogen and oxygen atoms in total. The van der Waals surface area contributed by atoms with Gasteiger partial charge in [-0.3, -0.25) is 9.59 Å². The van der Waals surface area contributed by atoms with E-state index in [1.165, 1.54) is 12.8 Å². The smallest absolute Gasteiger partial charge is 0.313 e. The third kappa shape index (κ3) is 4.52. The van der Waals surface area contributed by atoms with Crippen LogP contribution in [-0.4, -0.2) is 23.7 Å². The zero-order valence-electron chi connectivity index (χ0n) is 15.2. The van der Waals surface area contributed by atoms with E-state index < -0.39 is 11.4 Å². The van der Waals surface area contributed by atoms with Gasteiger partial charge in [-0.15, -0.1) is 0 Å². The van der Waals surface area contributed by atoms with Crippen molar-refractivity contribution in [1.29, 1.82) is 0 Å². The van der Waals surface area contributed by atoms with Crippen LogP contribution in [0.25, 0.3) is 0 Å². The van der Waals surface area contributed by atoms with Crippen LogP contribution >= 0.6 is 0 Å². The van der Waals surface area contributed by atoms with Crippen molar-refractivity contribution in [1.82, 2.24) is 0 Å². The maximum atomic E-state index is 13.2. The van der Waals surface area contributed by atoms with E-state index in [0.29, 0.717) is 6.61 Å². The van der Waals surface area contributed by atoms with E-state index >= 15 is 0 Å². The molecule has 0 atom stereocenters. The molecule has 1 N–H and O–H groups in total. The number of esters is 1. The van der Waals surface area contributed by atoms with Crippen molar-refractivity contribution in [3.8, 4) is 0 Å². The number of carbonyl (C=O) groups excluding carboxylic acids is 1. The van der Waals surface area contributed by atoms with E-state index in [4.69, 9.17) is 4.74 Å². The Kier molecular flexibility index (Phi) is 7.57. The van der Waals surface area contributed by atoms with Gasteiger partial charge in [-0.1, -0.05) is 51.9 Å². The quantitative estimate of drug-likeness (QED) is 0.502. The minimum absolute atomic E-state index is 0.0483. The molecule has 0 saturated heterocycles. The monoisotopic (exact) mass is 338 g/mol. The predicted molar refractivity (Wildman–Crippen MR) is 93.7 cm³/mol. The largest absolute Gasteiger partial charge is 0.481 e. The van der Waals surface area contributed by atoms with E-state index in [1.54, 1.807) is 0 Å². The Morgan fingerprint density at radius 2 is 1.46 bits per heavy atom. The van der Waals surface area contributed by atoms with E-state index in [9.17, 15) is 14.7 Å². The molecular formula is C20H34O4. The highest BCUT2D eigenvalue weighted by Crippen LogP contribution is 2.52. The zero-order valence-corrected chi connectivity index (χ0v) is 15.2. The van der Waals surface area contributed by atoms with Gasteiger partial charge >= 0.3 is 11.9 Å². The average Bonchev–Trinajstić information content (AvgIpc) is 2.61. The van der Waals surface area contributed by atoms with Crippen LogP contribution in [0.1, 0.15) is 90.4 Å². The molecule has 0 spiro atoms. The number of hydrogen-bond acceptors (Lipinski definition) is 3. The molecular weight excluding hydrogens is 304 g/mol. The lowest BCUT2D eigenvalue weighted by Gasteiger charge is -2.46. The summed E-state index contributed by atoms with van der Waals surface area (Å²) in [7, 11) is 0. The zero-order chi connectivity index (χ0) is 17.4. The molecule has 0 heterocycles. The second-order valence-electron chi connectivity index (χ2n) is 7.77. The highest BCUT2D eigenvalue weighted by molar-refractivity contribution is 5.83. The van der Waals surface area contributed by atoms with Crippen molar-refractivity contribution in [2.24, 2.45) is 17.3 Å². The van der Waals surface area contributed by atoms with Crippen molar-refractivity contribution in [2.75, 3.05) is 6.61 Å². The number of carbonyl (C=O) groups is 2. The van der Waals surface area contributed by atoms with Crippen molar-refractivity contribution < 1.29 is 19.4 Å². The Bertz CT molecular complexity index is 388. The molecule has 2 aliphatic rings. The van der Waals surface area contributed by atoms with Crippen LogP contribution in [0.15, 0.2) is 0 Å². The Hall–Kier alpha value is -1.06. The van der Waals surface area contributed by atoms with Gasteiger partial charge in [0.1, 0.15) is 0 Å². The molecule has 2 fully saturated rings. The molecule has 0 radical (unpaired) electrons. The average molecular weight is 338 g/mol. The summed E-state index contributed by atoms with van der Waals surface area (Å²) in [5, 5.41) is 9.62. The normalized spacial score (nSPS) is 20.7. The van der Waals surface area contributed by atoms with Crippen molar-refractivity contribution in [2.45, 2.75) is 90.4 Å². The van der Waals surface area contributed by atoms with Crippen LogP contribution in [0.3, 0.4) is 0 Å². The van der Waals surface area contributed by atoms with Gasteiger partial charge in [0, 0.05) is 0 Å². The minimum atomic E-state index is -0.849. The molecule has 0 aliphatic heterocycles. The summed E-state index contributed by atoms with van der Waals surface area (Å²) in [4.78, 5) is 24.9. The number of carboxylic acid groups (broad SMARTS) is 1. The maximum absolute atomic E-state index is 13.2. The van der Waals surface area contributed by atoms with Crippen LogP contribution in [0, 0.1) is 17.3 Å². The maximum Gasteiger partial charge on any atom is 0.313 e. The standard InChI is InChI=1S/C20H34O4/c1-2-3-14-24-19(23)20(15-18(21)22,16-10-6-4-7-11-16)17-12-8-5-9-13-17/h16-17H,2-15H2,1H3,(H,21,22). The van der Waals surface area contributed by atoms with Crippen LogP contribution < -0.4 is 0 Å². The van der Waals surface area contributed by atoms with Crippen LogP contribution in [0.2, 0.25) is 0 Å². The van der Waals surface area contributed by atoms with Gasteiger partial charge in [0.2, 0.25) is 0 Å². The fourth-order valence-corrected chi connectivity index (χ4v) is 4.96. The van der Waals surface area contributed by atoms with E-state index in [1.807, 2.05) is 0 Å². The van der Waals surface area contributed by atoms with Crippen molar-refractivity contribution in [3.63, 3.8) is 0 Å². The summed E-state index contributed by atoms with van der Waals surface area (Å²) in [6, 6.07) is 0. The van der Waals surface area contributed by atoms with Gasteiger partial charge in [0.15, 0.2) is 0 Å². The highest BCUT2D eigenvalue weighted by Gasteiger charge is 2.53. The van der Waals surface area contributed by atoms with Gasteiger partial charge in [-0.2, -0.15) is 0 Å². The highest BCUT2D eigenvalue weighted by atomic mass is 16.5. The number of unbranched alkanes of at least 4 members (excludes halogenated alkanes) is 1. The van der Waals surface area contributed by atoms with Crippen molar-refractivity contribution >= 4 is 11.9 Å². The molecule has 0 aromatic carbocycles. The Balaban J connectivity index is 2.29. The first-order chi connectivity index (χ1) is 11.6. The number of rotatable bonds is 8. The summed E-state index contributed by atoms with van der Waals surface area (Å²) in [6.45, 7) is 2.50. The van der Waals surface area contributed by atoms with Crippen LogP contribution in [-0.2, 0) is 14.3 Å². The lowest BCUT2D eigenvalue weighted by molar-refractivity contribution is -0.173. The number of aliphatic carboxylic acids is 1.